The zero-order valence-electron chi connectivity index (χ0n) is 27.3. The van der Waals surface area contributed by atoms with E-state index in [0.717, 1.165) is 28.7 Å². The maximum Gasteiger partial charge on any atom is 0.329 e. The lowest BCUT2D eigenvalue weighted by Crippen LogP contribution is -2.51. The van der Waals surface area contributed by atoms with Crippen LogP contribution >= 0.6 is 0 Å². The third-order valence-corrected chi connectivity index (χ3v) is 7.95. The summed E-state index contributed by atoms with van der Waals surface area (Å²) >= 11 is 0. The number of amides is 1. The Labute approximate surface area is 273 Å². The Morgan fingerprint density at radius 3 is 1.87 bits per heavy atom. The van der Waals surface area contributed by atoms with Crippen molar-refractivity contribution in [3.05, 3.63) is 137 Å². The van der Waals surface area contributed by atoms with Gasteiger partial charge in [0.05, 0.1) is 11.6 Å². The van der Waals surface area contributed by atoms with E-state index in [2.05, 4.69) is 90.4 Å². The van der Waals surface area contributed by atoms with Crippen LogP contribution in [0.2, 0.25) is 0 Å². The molecule has 0 aliphatic heterocycles. The summed E-state index contributed by atoms with van der Waals surface area (Å²) in [6, 6.07) is 34.4. The molecule has 7 nitrogen and oxygen atoms in total. The second kappa shape index (κ2) is 15.7. The Hall–Kier alpha value is -4.46. The molecule has 7 heteroatoms. The van der Waals surface area contributed by atoms with Gasteiger partial charge in [-0.2, -0.15) is 0 Å². The van der Waals surface area contributed by atoms with E-state index in [4.69, 9.17) is 10.5 Å². The van der Waals surface area contributed by atoms with Gasteiger partial charge in [-0.1, -0.05) is 109 Å². The monoisotopic (exact) mass is 621 g/mol. The third kappa shape index (κ3) is 9.28. The molecule has 0 spiro atoms. The van der Waals surface area contributed by atoms with Gasteiger partial charge >= 0.3 is 5.97 Å². The highest BCUT2D eigenvalue weighted by Crippen LogP contribution is 2.37. The Balaban J connectivity index is 1.42. The van der Waals surface area contributed by atoms with Crippen LogP contribution in [0.25, 0.3) is 0 Å². The fourth-order valence-corrected chi connectivity index (χ4v) is 5.59. The number of benzene rings is 4. The summed E-state index contributed by atoms with van der Waals surface area (Å²) in [5.74, 6) is -0.800. The quantitative estimate of drug-likeness (QED) is 0.0764. The van der Waals surface area contributed by atoms with Gasteiger partial charge in [-0.3, -0.25) is 10.1 Å². The van der Waals surface area contributed by atoms with E-state index >= 15 is 0 Å². The molecule has 4 rings (SSSR count). The van der Waals surface area contributed by atoms with Gasteiger partial charge in [0, 0.05) is 6.42 Å². The summed E-state index contributed by atoms with van der Waals surface area (Å²) in [4.78, 5) is 26.2. The van der Waals surface area contributed by atoms with E-state index in [-0.39, 0.29) is 12.2 Å². The average molecular weight is 622 g/mol. The normalized spacial score (nSPS) is 13.1. The van der Waals surface area contributed by atoms with Crippen LogP contribution in [0.3, 0.4) is 0 Å². The molecular formula is C39H47N3O4. The summed E-state index contributed by atoms with van der Waals surface area (Å²) in [5.41, 5.74) is 10.5. The number of phenolic OH excluding ortho intramolecular Hbond substituents is 1. The van der Waals surface area contributed by atoms with Crippen molar-refractivity contribution in [1.82, 2.24) is 10.6 Å². The van der Waals surface area contributed by atoms with Crippen molar-refractivity contribution in [2.45, 2.75) is 76.6 Å². The molecule has 0 aliphatic carbocycles. The number of esters is 1. The summed E-state index contributed by atoms with van der Waals surface area (Å²) in [5, 5.41) is 16.3. The van der Waals surface area contributed by atoms with Crippen LogP contribution in [0.1, 0.15) is 67.9 Å². The lowest BCUT2D eigenvalue weighted by atomic mass is 9.76. The number of aromatic hydroxyl groups is 1. The van der Waals surface area contributed by atoms with Crippen molar-refractivity contribution in [2.75, 3.05) is 6.54 Å². The van der Waals surface area contributed by atoms with Crippen molar-refractivity contribution >= 4 is 11.9 Å². The molecule has 46 heavy (non-hydrogen) atoms. The molecule has 0 saturated heterocycles. The molecule has 0 fully saturated rings. The molecule has 4 aromatic carbocycles. The number of nitrogens with two attached hydrogens (primary N) is 1. The fraction of sp³-hybridized carbons (Fsp3) is 0.333. The molecule has 4 aromatic rings. The highest BCUT2D eigenvalue weighted by Gasteiger charge is 2.35. The number of ether oxygens (including phenoxy) is 1. The van der Waals surface area contributed by atoms with Crippen LogP contribution < -0.4 is 16.4 Å². The summed E-state index contributed by atoms with van der Waals surface area (Å²) < 4.78 is 5.59. The first-order chi connectivity index (χ1) is 22.0. The van der Waals surface area contributed by atoms with E-state index in [1.807, 2.05) is 12.1 Å². The van der Waals surface area contributed by atoms with Gasteiger partial charge in [0.1, 0.15) is 17.4 Å². The number of hydrogen-bond donors (Lipinski definition) is 4. The van der Waals surface area contributed by atoms with Crippen LogP contribution in [0.5, 0.6) is 5.75 Å². The van der Waals surface area contributed by atoms with E-state index in [0.29, 0.717) is 19.4 Å². The van der Waals surface area contributed by atoms with E-state index in [1.54, 1.807) is 45.0 Å². The SMILES string of the molecule is Cc1ccc(C(NCCCC[C@H](N)C(=O)N[C@@H](Cc2ccc(O)cc2)C(=O)OC(C)(C)C)(c2ccccc2)c2ccccc2)cc1. The second-order valence-corrected chi connectivity index (χ2v) is 12.8. The molecule has 0 bridgehead atoms. The van der Waals surface area contributed by atoms with Gasteiger partial charge in [-0.05, 0) is 81.5 Å². The second-order valence-electron chi connectivity index (χ2n) is 12.8. The number of rotatable bonds is 14. The van der Waals surface area contributed by atoms with E-state index in [9.17, 15) is 14.7 Å². The number of nitrogens with one attached hydrogen (secondary N) is 2. The predicted molar refractivity (Wildman–Crippen MR) is 183 cm³/mol. The van der Waals surface area contributed by atoms with Crippen LogP contribution in [0, 0.1) is 6.92 Å². The molecule has 0 aromatic heterocycles. The number of carbonyl (C=O) groups excluding carboxylic acids is 2. The lowest BCUT2D eigenvalue weighted by Gasteiger charge is -2.37. The minimum Gasteiger partial charge on any atom is -0.508 e. The first-order valence-corrected chi connectivity index (χ1v) is 16.0. The minimum absolute atomic E-state index is 0.127. The molecule has 5 N–H and O–H groups in total. The van der Waals surface area contributed by atoms with Crippen LogP contribution in [0.15, 0.2) is 109 Å². The first-order valence-electron chi connectivity index (χ1n) is 16.0. The minimum atomic E-state index is -0.907. The van der Waals surface area contributed by atoms with Crippen LogP contribution in [-0.4, -0.2) is 41.2 Å². The number of aryl methyl sites for hydroxylation is 1. The summed E-state index contributed by atoms with van der Waals surface area (Å²) in [6.45, 7) is 8.13. The number of carbonyl (C=O) groups is 2. The number of unbranched alkanes of at least 4 members (excludes halogenated alkanes) is 1. The first kappa shape index (κ1) is 34.4. The van der Waals surface area contributed by atoms with Gasteiger partial charge in [-0.25, -0.2) is 4.79 Å². The Kier molecular flexibility index (Phi) is 11.7. The standard InChI is InChI=1S/C39H47N3O4/c1-28-18-22-32(23-19-28)39(30-13-7-5-8-14-30,31-15-9-6-10-16-31)41-26-12-11-17-34(40)36(44)42-35(37(45)46-38(2,3)4)27-29-20-24-33(43)25-21-29/h5-10,13-16,18-25,34-35,41,43H,11-12,17,26-27,40H2,1-4H3,(H,42,44)/t34-,35-/m0/s1. The topological polar surface area (TPSA) is 114 Å². The van der Waals surface area contributed by atoms with Gasteiger partial charge in [0.25, 0.3) is 0 Å². The summed E-state index contributed by atoms with van der Waals surface area (Å²) in [6.07, 6.45) is 2.18. The number of phenols is 1. The largest absolute Gasteiger partial charge is 0.508 e. The molecular weight excluding hydrogens is 574 g/mol. The smallest absolute Gasteiger partial charge is 0.329 e. The van der Waals surface area contributed by atoms with E-state index < -0.39 is 35.1 Å². The van der Waals surface area contributed by atoms with Gasteiger partial charge in [0.15, 0.2) is 0 Å². The maximum atomic E-state index is 13.2. The molecule has 0 saturated carbocycles. The maximum absolute atomic E-state index is 13.2. The molecule has 0 heterocycles. The Bertz CT molecular complexity index is 1490. The van der Waals surface area contributed by atoms with Gasteiger partial charge < -0.3 is 20.9 Å². The molecule has 2 atom stereocenters. The van der Waals surface area contributed by atoms with Gasteiger partial charge in [-0.15, -0.1) is 0 Å². The molecule has 242 valence electrons. The fourth-order valence-electron chi connectivity index (χ4n) is 5.59. The average Bonchev–Trinajstić information content (AvgIpc) is 3.04. The van der Waals surface area contributed by atoms with Crippen LogP contribution in [0.4, 0.5) is 0 Å². The van der Waals surface area contributed by atoms with Crippen molar-refractivity contribution in [1.29, 1.82) is 0 Å². The predicted octanol–water partition coefficient (Wildman–Crippen LogP) is 6.15. The van der Waals surface area contributed by atoms with Crippen LogP contribution in [-0.2, 0) is 26.3 Å². The van der Waals surface area contributed by atoms with E-state index in [1.165, 1.54) is 5.56 Å². The highest BCUT2D eigenvalue weighted by atomic mass is 16.6. The lowest BCUT2D eigenvalue weighted by molar-refractivity contribution is -0.158. The van der Waals surface area contributed by atoms with Crippen molar-refractivity contribution < 1.29 is 19.4 Å². The highest BCUT2D eigenvalue weighted by molar-refractivity contribution is 5.87. The zero-order valence-corrected chi connectivity index (χ0v) is 27.3. The molecule has 0 aliphatic rings. The molecule has 0 unspecified atom stereocenters. The number of hydrogen-bond acceptors (Lipinski definition) is 6. The summed E-state index contributed by atoms with van der Waals surface area (Å²) in [7, 11) is 0. The van der Waals surface area contributed by atoms with Crippen molar-refractivity contribution in [3.8, 4) is 5.75 Å². The zero-order chi connectivity index (χ0) is 33.2. The van der Waals surface area contributed by atoms with Gasteiger partial charge in [0.2, 0.25) is 5.91 Å². The Morgan fingerprint density at radius 2 is 1.33 bits per heavy atom. The third-order valence-electron chi connectivity index (χ3n) is 7.95. The van der Waals surface area contributed by atoms with Crippen molar-refractivity contribution in [2.24, 2.45) is 5.73 Å². The van der Waals surface area contributed by atoms with Crippen molar-refractivity contribution in [3.63, 3.8) is 0 Å². The molecule has 1 amide bonds. The Morgan fingerprint density at radius 1 is 0.783 bits per heavy atom. The molecule has 0 radical (unpaired) electrons.